The summed E-state index contributed by atoms with van der Waals surface area (Å²) in [6, 6.07) is 0. The Balaban J connectivity index is 3.61. The van der Waals surface area contributed by atoms with Crippen LogP contribution in [-0.2, 0) is 0 Å². The van der Waals surface area contributed by atoms with Crippen molar-refractivity contribution in [3.8, 4) is 0 Å². The molecule has 0 fully saturated rings. The number of hydrogen-bond donors (Lipinski definition) is 1. The molecule has 0 unspecified atom stereocenters. The molecule has 0 amide bonds. The maximum atomic E-state index is 2.59. The van der Waals surface area contributed by atoms with Crippen LogP contribution in [0.3, 0.4) is 0 Å². The van der Waals surface area contributed by atoms with Crippen LogP contribution in [0, 0.1) is 11.8 Å². The van der Waals surface area contributed by atoms with E-state index < -0.39 is 0 Å². The van der Waals surface area contributed by atoms with Gasteiger partial charge in [-0.2, -0.15) is 0 Å². The Labute approximate surface area is 110 Å². The van der Waals surface area contributed by atoms with Gasteiger partial charge in [0.25, 0.3) is 0 Å². The highest BCUT2D eigenvalue weighted by Gasteiger charge is 2.11. The van der Waals surface area contributed by atoms with Crippen LogP contribution in [0.5, 0.6) is 0 Å². The Morgan fingerprint density at radius 1 is 0.706 bits per heavy atom. The molecular weight excluding hydrogens is 206 g/mol. The molecule has 0 aliphatic heterocycles. The lowest BCUT2D eigenvalue weighted by Gasteiger charge is -2.16. The first-order chi connectivity index (χ1) is 8.28. The summed E-state index contributed by atoms with van der Waals surface area (Å²) in [5, 5.41) is 2.59. The molecule has 2 atom stereocenters. The van der Waals surface area contributed by atoms with E-state index in [4.69, 9.17) is 0 Å². The van der Waals surface area contributed by atoms with E-state index >= 15 is 0 Å². The number of nitrogens with two attached hydrogens (primary N) is 1. The predicted molar refractivity (Wildman–Crippen MR) is 78.3 cm³/mol. The summed E-state index contributed by atoms with van der Waals surface area (Å²) in [7, 11) is 0. The molecule has 0 radical (unpaired) electrons. The average Bonchev–Trinajstić information content (AvgIpc) is 2.37. The molecule has 0 spiro atoms. The average molecular weight is 242 g/mol. The summed E-state index contributed by atoms with van der Waals surface area (Å²) in [6.45, 7) is 12.0. The van der Waals surface area contributed by atoms with Crippen molar-refractivity contribution in [3.63, 3.8) is 0 Å². The van der Waals surface area contributed by atoms with Crippen molar-refractivity contribution in [2.75, 3.05) is 13.1 Å². The molecule has 0 heterocycles. The third kappa shape index (κ3) is 9.64. The van der Waals surface area contributed by atoms with Crippen LogP contribution < -0.4 is 5.32 Å². The quantitative estimate of drug-likeness (QED) is 0.533. The van der Waals surface area contributed by atoms with Gasteiger partial charge in [-0.15, -0.1) is 0 Å². The smallest absolute Gasteiger partial charge is 0.0783 e. The van der Waals surface area contributed by atoms with E-state index in [-0.39, 0.29) is 0 Å². The minimum atomic E-state index is 0.957. The maximum Gasteiger partial charge on any atom is 0.0783 e. The van der Waals surface area contributed by atoms with E-state index in [0.29, 0.717) is 0 Å². The molecule has 1 heteroatoms. The van der Waals surface area contributed by atoms with Gasteiger partial charge in [0.15, 0.2) is 0 Å². The molecule has 0 aromatic rings. The molecule has 0 bridgehead atoms. The van der Waals surface area contributed by atoms with Gasteiger partial charge in [0.05, 0.1) is 13.1 Å². The summed E-state index contributed by atoms with van der Waals surface area (Å²) >= 11 is 0. The number of rotatable bonds is 12. The van der Waals surface area contributed by atoms with Gasteiger partial charge < -0.3 is 5.32 Å². The molecule has 0 aromatic carbocycles. The Bertz CT molecular complexity index is 128. The van der Waals surface area contributed by atoms with Crippen molar-refractivity contribution in [2.45, 2.75) is 79.1 Å². The third-order valence-electron chi connectivity index (χ3n) is 4.09. The summed E-state index contributed by atoms with van der Waals surface area (Å²) in [4.78, 5) is 0. The summed E-state index contributed by atoms with van der Waals surface area (Å²) < 4.78 is 0. The molecule has 0 rings (SSSR count). The van der Waals surface area contributed by atoms with Crippen LogP contribution in [0.1, 0.15) is 79.1 Å². The van der Waals surface area contributed by atoms with E-state index in [1.165, 1.54) is 64.5 Å². The Hall–Kier alpha value is -0.0400. The number of hydrogen-bond acceptors (Lipinski definition) is 0. The third-order valence-corrected chi connectivity index (χ3v) is 4.09. The van der Waals surface area contributed by atoms with Gasteiger partial charge in [-0.1, -0.05) is 53.4 Å². The number of quaternary nitrogens is 1. The molecule has 0 aliphatic rings. The van der Waals surface area contributed by atoms with Gasteiger partial charge in [-0.3, -0.25) is 0 Å². The van der Waals surface area contributed by atoms with Crippen LogP contribution >= 0.6 is 0 Å². The predicted octanol–water partition coefficient (Wildman–Crippen LogP) is 3.98. The van der Waals surface area contributed by atoms with Gasteiger partial charge in [-0.25, -0.2) is 0 Å². The largest absolute Gasteiger partial charge is 0.346 e. The molecule has 104 valence electrons. The fraction of sp³-hybridized carbons (Fsp3) is 1.00. The highest BCUT2D eigenvalue weighted by molar-refractivity contribution is 4.56. The Morgan fingerprint density at radius 3 is 1.41 bits per heavy atom. The number of unbranched alkanes of at least 4 members (excludes halogenated alkanes) is 2. The van der Waals surface area contributed by atoms with Gasteiger partial charge in [0.1, 0.15) is 0 Å². The van der Waals surface area contributed by atoms with E-state index in [0.717, 1.165) is 11.8 Å². The molecule has 2 N–H and O–H groups in total. The monoisotopic (exact) mass is 242 g/mol. The molecule has 1 nitrogen and oxygen atoms in total. The van der Waals surface area contributed by atoms with Crippen LogP contribution in [0.2, 0.25) is 0 Å². The zero-order valence-corrected chi connectivity index (χ0v) is 12.8. The first kappa shape index (κ1) is 17.0. The van der Waals surface area contributed by atoms with Gasteiger partial charge >= 0.3 is 0 Å². The van der Waals surface area contributed by atoms with Gasteiger partial charge in [0.2, 0.25) is 0 Å². The topological polar surface area (TPSA) is 16.6 Å². The SMILES string of the molecule is CCCC[C@H](CC)C[NH2+]C[C@@H](CC)CCCC. The molecule has 17 heavy (non-hydrogen) atoms. The fourth-order valence-electron chi connectivity index (χ4n) is 2.53. The lowest BCUT2D eigenvalue weighted by molar-refractivity contribution is -0.666. The Kier molecular flexibility index (Phi) is 12.4. The van der Waals surface area contributed by atoms with Crippen LogP contribution in [0.25, 0.3) is 0 Å². The molecular formula is C16H36N+. The maximum absolute atomic E-state index is 2.59. The second-order valence-electron chi connectivity index (χ2n) is 5.59. The standard InChI is InChI=1S/C16H35N/c1-5-9-11-15(7-3)13-17-14-16(8-4)12-10-6-2/h15-17H,5-14H2,1-4H3/p+1/t15-,16-/m0/s1. The lowest BCUT2D eigenvalue weighted by atomic mass is 9.97. The summed E-state index contributed by atoms with van der Waals surface area (Å²) in [6.07, 6.45) is 11.1. The Morgan fingerprint density at radius 2 is 1.12 bits per heavy atom. The molecule has 0 saturated carbocycles. The second kappa shape index (κ2) is 12.4. The fourth-order valence-corrected chi connectivity index (χ4v) is 2.53. The zero-order valence-electron chi connectivity index (χ0n) is 12.8. The van der Waals surface area contributed by atoms with Crippen molar-refractivity contribution in [2.24, 2.45) is 11.8 Å². The minimum Gasteiger partial charge on any atom is -0.346 e. The van der Waals surface area contributed by atoms with E-state index in [9.17, 15) is 0 Å². The van der Waals surface area contributed by atoms with Crippen molar-refractivity contribution in [1.82, 2.24) is 0 Å². The first-order valence-electron chi connectivity index (χ1n) is 8.09. The van der Waals surface area contributed by atoms with E-state index in [1.807, 2.05) is 0 Å². The molecule has 0 aromatic heterocycles. The highest BCUT2D eigenvalue weighted by Crippen LogP contribution is 2.11. The minimum absolute atomic E-state index is 0.957. The second-order valence-corrected chi connectivity index (χ2v) is 5.59. The molecule has 0 aliphatic carbocycles. The van der Waals surface area contributed by atoms with E-state index in [1.54, 1.807) is 0 Å². The van der Waals surface area contributed by atoms with Crippen LogP contribution in [0.15, 0.2) is 0 Å². The normalized spacial score (nSPS) is 14.8. The molecule has 0 saturated heterocycles. The van der Waals surface area contributed by atoms with Crippen LogP contribution in [0.4, 0.5) is 0 Å². The van der Waals surface area contributed by atoms with Crippen molar-refractivity contribution < 1.29 is 5.32 Å². The summed E-state index contributed by atoms with van der Waals surface area (Å²) in [5.74, 6) is 1.91. The summed E-state index contributed by atoms with van der Waals surface area (Å²) in [5.41, 5.74) is 0. The van der Waals surface area contributed by atoms with Gasteiger partial charge in [-0.05, 0) is 25.7 Å². The zero-order chi connectivity index (χ0) is 12.9. The van der Waals surface area contributed by atoms with Crippen molar-refractivity contribution in [1.29, 1.82) is 0 Å². The van der Waals surface area contributed by atoms with Crippen LogP contribution in [-0.4, -0.2) is 13.1 Å². The van der Waals surface area contributed by atoms with Crippen molar-refractivity contribution >= 4 is 0 Å². The first-order valence-corrected chi connectivity index (χ1v) is 8.09. The lowest BCUT2D eigenvalue weighted by Crippen LogP contribution is -2.86. The van der Waals surface area contributed by atoms with Crippen molar-refractivity contribution in [3.05, 3.63) is 0 Å². The van der Waals surface area contributed by atoms with Gasteiger partial charge in [0, 0.05) is 11.8 Å². The highest BCUT2D eigenvalue weighted by atomic mass is 14.9. The van der Waals surface area contributed by atoms with E-state index in [2.05, 4.69) is 33.0 Å².